The molecule has 1 aromatic heterocycles. The predicted molar refractivity (Wildman–Crippen MR) is 51.6 cm³/mol. The van der Waals surface area contributed by atoms with Crippen LogP contribution in [0.3, 0.4) is 0 Å². The molecule has 0 bridgehead atoms. The molecule has 1 aromatic rings. The maximum absolute atomic E-state index is 11.8. The van der Waals surface area contributed by atoms with E-state index in [2.05, 4.69) is 5.32 Å². The summed E-state index contributed by atoms with van der Waals surface area (Å²) in [7, 11) is 0. The van der Waals surface area contributed by atoms with Crippen LogP contribution in [-0.4, -0.2) is 12.7 Å². The Morgan fingerprint density at radius 3 is 2.43 bits per heavy atom. The van der Waals surface area contributed by atoms with E-state index in [1.54, 1.807) is 11.3 Å². The van der Waals surface area contributed by atoms with E-state index in [4.69, 9.17) is 0 Å². The van der Waals surface area contributed by atoms with Crippen LogP contribution in [0.25, 0.3) is 0 Å². The summed E-state index contributed by atoms with van der Waals surface area (Å²) >= 11 is 1.61. The molecule has 0 saturated heterocycles. The van der Waals surface area contributed by atoms with Crippen molar-refractivity contribution >= 4 is 11.3 Å². The molecule has 0 aliphatic carbocycles. The second-order valence-electron chi connectivity index (χ2n) is 3.16. The van der Waals surface area contributed by atoms with Gasteiger partial charge < -0.3 is 5.32 Å². The van der Waals surface area contributed by atoms with Gasteiger partial charge >= 0.3 is 6.18 Å². The van der Waals surface area contributed by atoms with Crippen molar-refractivity contribution in [2.24, 2.45) is 0 Å². The first-order chi connectivity index (χ1) is 6.38. The minimum absolute atomic E-state index is 0.287. The molecule has 1 rings (SSSR count). The summed E-state index contributed by atoms with van der Waals surface area (Å²) < 4.78 is 35.4. The van der Waals surface area contributed by atoms with Gasteiger partial charge in [-0.15, -0.1) is 11.3 Å². The minimum atomic E-state index is -4.13. The Hall–Kier alpha value is -0.550. The van der Waals surface area contributed by atoms with Gasteiger partial charge in [0.25, 0.3) is 0 Å². The van der Waals surface area contributed by atoms with Crippen LogP contribution in [0.15, 0.2) is 6.07 Å². The maximum atomic E-state index is 11.8. The van der Waals surface area contributed by atoms with E-state index in [9.17, 15) is 13.2 Å². The molecule has 0 aliphatic rings. The number of rotatable bonds is 3. The number of hydrogen-bond acceptors (Lipinski definition) is 2. The fourth-order valence-electron chi connectivity index (χ4n) is 1.20. The number of nitrogens with one attached hydrogen (secondary N) is 1. The zero-order valence-electron chi connectivity index (χ0n) is 8.03. The topological polar surface area (TPSA) is 12.0 Å². The molecule has 0 fully saturated rings. The number of thiophene rings is 1. The highest BCUT2D eigenvalue weighted by molar-refractivity contribution is 7.12. The van der Waals surface area contributed by atoms with Crippen molar-refractivity contribution in [3.63, 3.8) is 0 Å². The third-order valence-electron chi connectivity index (χ3n) is 1.78. The molecule has 1 heterocycles. The van der Waals surface area contributed by atoms with Crippen LogP contribution in [0.4, 0.5) is 13.2 Å². The van der Waals surface area contributed by atoms with Crippen molar-refractivity contribution in [3.8, 4) is 0 Å². The smallest absolute Gasteiger partial charge is 0.305 e. The summed E-state index contributed by atoms with van der Waals surface area (Å²) in [5, 5.41) is 2.38. The molecule has 0 atom stereocenters. The lowest BCUT2D eigenvalue weighted by atomic mass is 10.2. The first-order valence-electron chi connectivity index (χ1n) is 4.22. The van der Waals surface area contributed by atoms with E-state index < -0.39 is 12.7 Å². The summed E-state index contributed by atoms with van der Waals surface area (Å²) in [5.41, 5.74) is 0.955. The molecule has 0 aromatic carbocycles. The van der Waals surface area contributed by atoms with Crippen LogP contribution < -0.4 is 5.32 Å². The van der Waals surface area contributed by atoms with Crippen molar-refractivity contribution < 1.29 is 13.2 Å². The highest BCUT2D eigenvalue weighted by atomic mass is 32.1. The highest BCUT2D eigenvalue weighted by Crippen LogP contribution is 2.20. The lowest BCUT2D eigenvalue weighted by Crippen LogP contribution is -2.28. The zero-order valence-corrected chi connectivity index (χ0v) is 8.85. The van der Waals surface area contributed by atoms with Gasteiger partial charge in [0.15, 0.2) is 0 Å². The normalized spacial score (nSPS) is 12.1. The molecule has 0 spiro atoms. The van der Waals surface area contributed by atoms with E-state index in [1.165, 1.54) is 0 Å². The van der Waals surface area contributed by atoms with Crippen LogP contribution in [0.5, 0.6) is 0 Å². The molecule has 1 nitrogen and oxygen atoms in total. The van der Waals surface area contributed by atoms with E-state index in [1.807, 2.05) is 19.9 Å². The Morgan fingerprint density at radius 1 is 1.36 bits per heavy atom. The lowest BCUT2D eigenvalue weighted by Gasteiger charge is -2.07. The molecular formula is C9H12F3NS. The largest absolute Gasteiger partial charge is 0.401 e. The Balaban J connectivity index is 2.42. The molecule has 14 heavy (non-hydrogen) atoms. The average molecular weight is 223 g/mol. The van der Waals surface area contributed by atoms with Gasteiger partial charge in [0.05, 0.1) is 6.54 Å². The quantitative estimate of drug-likeness (QED) is 0.830. The van der Waals surface area contributed by atoms with Gasteiger partial charge in [-0.05, 0) is 25.5 Å². The average Bonchev–Trinajstić information content (AvgIpc) is 2.27. The second kappa shape index (κ2) is 4.31. The first-order valence-corrected chi connectivity index (χ1v) is 5.03. The molecule has 1 N–H and O–H groups in total. The predicted octanol–water partition coefficient (Wildman–Crippen LogP) is 3.02. The van der Waals surface area contributed by atoms with Crippen LogP contribution in [0.2, 0.25) is 0 Å². The summed E-state index contributed by atoms with van der Waals surface area (Å²) in [5.74, 6) is 0. The monoisotopic (exact) mass is 223 g/mol. The van der Waals surface area contributed by atoms with Crippen LogP contribution in [-0.2, 0) is 6.54 Å². The van der Waals surface area contributed by atoms with E-state index in [0.717, 1.165) is 15.3 Å². The molecule has 0 radical (unpaired) electrons. The number of aryl methyl sites for hydroxylation is 2. The van der Waals surface area contributed by atoms with Gasteiger partial charge in [0.2, 0.25) is 0 Å². The second-order valence-corrected chi connectivity index (χ2v) is 4.62. The van der Waals surface area contributed by atoms with Crippen molar-refractivity contribution in [2.45, 2.75) is 26.6 Å². The van der Waals surface area contributed by atoms with Gasteiger partial charge in [0, 0.05) is 16.3 Å². The Morgan fingerprint density at radius 2 is 2.00 bits per heavy atom. The van der Waals surface area contributed by atoms with E-state index in [0.29, 0.717) is 0 Å². The Labute approximate surface area is 84.9 Å². The van der Waals surface area contributed by atoms with Crippen LogP contribution in [0.1, 0.15) is 15.3 Å². The van der Waals surface area contributed by atoms with Gasteiger partial charge in [-0.1, -0.05) is 0 Å². The third kappa shape index (κ3) is 3.67. The molecule has 0 saturated carbocycles. The third-order valence-corrected chi connectivity index (χ3v) is 2.79. The number of hydrogen-bond donors (Lipinski definition) is 1. The van der Waals surface area contributed by atoms with Crippen molar-refractivity contribution in [1.82, 2.24) is 5.32 Å². The summed E-state index contributed by atoms with van der Waals surface area (Å²) in [6, 6.07) is 1.92. The fourth-order valence-corrected chi connectivity index (χ4v) is 2.14. The number of alkyl halides is 3. The molecule has 80 valence electrons. The van der Waals surface area contributed by atoms with Gasteiger partial charge in [0.1, 0.15) is 0 Å². The van der Waals surface area contributed by atoms with Gasteiger partial charge in [-0.2, -0.15) is 13.2 Å². The van der Waals surface area contributed by atoms with Crippen LogP contribution in [0, 0.1) is 13.8 Å². The molecule has 0 aliphatic heterocycles. The molecule has 5 heteroatoms. The SMILES string of the molecule is Cc1cc(CNCC(F)(F)F)c(C)s1. The lowest BCUT2D eigenvalue weighted by molar-refractivity contribution is -0.125. The standard InChI is InChI=1S/C9H12F3NS/c1-6-3-8(7(2)14-6)4-13-5-9(10,11)12/h3,13H,4-5H2,1-2H3. The molecule has 0 amide bonds. The van der Waals surface area contributed by atoms with Gasteiger partial charge in [-0.25, -0.2) is 0 Å². The zero-order chi connectivity index (χ0) is 10.8. The van der Waals surface area contributed by atoms with Gasteiger partial charge in [-0.3, -0.25) is 0 Å². The minimum Gasteiger partial charge on any atom is -0.305 e. The first kappa shape index (κ1) is 11.5. The molecule has 0 unspecified atom stereocenters. The van der Waals surface area contributed by atoms with Crippen LogP contribution >= 0.6 is 11.3 Å². The maximum Gasteiger partial charge on any atom is 0.401 e. The molecular weight excluding hydrogens is 211 g/mol. The highest BCUT2D eigenvalue weighted by Gasteiger charge is 2.26. The fraction of sp³-hybridized carbons (Fsp3) is 0.556. The summed E-state index contributed by atoms with van der Waals surface area (Å²) in [6.45, 7) is 3.23. The van der Waals surface area contributed by atoms with Crippen molar-refractivity contribution in [2.75, 3.05) is 6.54 Å². The number of halogens is 3. The van der Waals surface area contributed by atoms with Crippen molar-refractivity contribution in [3.05, 3.63) is 21.4 Å². The summed E-state index contributed by atoms with van der Waals surface area (Å²) in [4.78, 5) is 2.21. The summed E-state index contributed by atoms with van der Waals surface area (Å²) in [6.07, 6.45) is -4.13. The Kier molecular flexibility index (Phi) is 3.55. The van der Waals surface area contributed by atoms with E-state index >= 15 is 0 Å². The van der Waals surface area contributed by atoms with E-state index in [-0.39, 0.29) is 6.54 Å². The Bertz CT molecular complexity index is 303. The van der Waals surface area contributed by atoms with Crippen molar-refractivity contribution in [1.29, 1.82) is 0 Å².